The van der Waals surface area contributed by atoms with Crippen LogP contribution in [0.1, 0.15) is 52.0 Å². The molecule has 1 fully saturated rings. The van der Waals surface area contributed by atoms with Gasteiger partial charge in [0.15, 0.2) is 0 Å². The van der Waals surface area contributed by atoms with E-state index in [2.05, 4.69) is 16.0 Å². The van der Waals surface area contributed by atoms with Gasteiger partial charge in [0.25, 0.3) is 5.91 Å². The van der Waals surface area contributed by atoms with Crippen molar-refractivity contribution in [2.75, 3.05) is 6.54 Å². The van der Waals surface area contributed by atoms with Gasteiger partial charge < -0.3 is 15.6 Å². The molecule has 1 amide bonds. The van der Waals surface area contributed by atoms with E-state index in [4.69, 9.17) is 5.73 Å². The molecule has 1 unspecified atom stereocenters. The van der Waals surface area contributed by atoms with Crippen LogP contribution in [0.25, 0.3) is 10.8 Å². The third kappa shape index (κ3) is 2.78. The number of carbonyl (C=O) groups is 1. The fraction of sp³-hybridized carbons (Fsp3) is 0.333. The van der Waals surface area contributed by atoms with Crippen LogP contribution in [-0.2, 0) is 6.54 Å². The Hall–Kier alpha value is -2.66. The predicted octanol–water partition coefficient (Wildman–Crippen LogP) is 3.62. The molecular weight excluding hydrogens is 324 g/mol. The molecule has 1 aliphatic heterocycles. The van der Waals surface area contributed by atoms with Crippen molar-refractivity contribution in [1.82, 2.24) is 14.9 Å². The molecule has 0 radical (unpaired) electrons. The van der Waals surface area contributed by atoms with Crippen molar-refractivity contribution < 1.29 is 4.79 Å². The summed E-state index contributed by atoms with van der Waals surface area (Å²) < 4.78 is 0. The molecule has 134 valence electrons. The van der Waals surface area contributed by atoms with Crippen molar-refractivity contribution in [3.8, 4) is 0 Å². The van der Waals surface area contributed by atoms with E-state index in [-0.39, 0.29) is 11.9 Å². The van der Waals surface area contributed by atoms with E-state index in [1.54, 1.807) is 0 Å². The molecule has 5 nitrogen and oxygen atoms in total. The maximum atomic E-state index is 13.2. The Morgan fingerprint density at radius 2 is 2.15 bits per heavy atom. The molecule has 1 saturated heterocycles. The standard InChI is InChI=1S/C21H24N4O/c1-13-14(2)24-20(23-13)19-7-4-10-25(19)21(26)16-9-8-15-5-3-6-17(12-22)18(15)11-16/h3,5-6,8-9,11,19H,4,7,10,12,22H2,1-2H3,(H,23,24). The second kappa shape index (κ2) is 6.57. The zero-order valence-corrected chi connectivity index (χ0v) is 15.2. The molecule has 0 spiro atoms. The highest BCUT2D eigenvalue weighted by molar-refractivity contribution is 5.99. The SMILES string of the molecule is Cc1nc(C2CCCN2C(=O)c2ccc3cccc(CN)c3c2)[nH]c1C. The van der Waals surface area contributed by atoms with Crippen LogP contribution in [0.4, 0.5) is 0 Å². The quantitative estimate of drug-likeness (QED) is 0.759. The zero-order valence-electron chi connectivity index (χ0n) is 15.2. The fourth-order valence-electron chi connectivity index (χ4n) is 3.84. The molecule has 2 aromatic carbocycles. The van der Waals surface area contributed by atoms with Crippen molar-refractivity contribution in [1.29, 1.82) is 0 Å². The molecule has 1 aromatic heterocycles. The van der Waals surface area contributed by atoms with E-state index in [9.17, 15) is 4.79 Å². The number of likely N-dealkylation sites (tertiary alicyclic amines) is 1. The molecule has 4 rings (SSSR count). The van der Waals surface area contributed by atoms with Crippen LogP contribution in [0.3, 0.4) is 0 Å². The second-order valence-electron chi connectivity index (χ2n) is 7.05. The van der Waals surface area contributed by atoms with E-state index in [0.29, 0.717) is 12.1 Å². The first kappa shape index (κ1) is 16.8. The van der Waals surface area contributed by atoms with Gasteiger partial charge in [0.05, 0.1) is 11.7 Å². The Morgan fingerprint density at radius 1 is 1.31 bits per heavy atom. The van der Waals surface area contributed by atoms with Crippen molar-refractivity contribution in [2.45, 2.75) is 39.3 Å². The van der Waals surface area contributed by atoms with Crippen LogP contribution in [0.15, 0.2) is 36.4 Å². The van der Waals surface area contributed by atoms with Gasteiger partial charge in [0.1, 0.15) is 5.82 Å². The molecule has 1 atom stereocenters. The van der Waals surface area contributed by atoms with E-state index in [0.717, 1.165) is 52.9 Å². The van der Waals surface area contributed by atoms with Crippen molar-refractivity contribution in [3.05, 3.63) is 64.7 Å². The number of carbonyl (C=O) groups excluding carboxylic acids is 1. The normalized spacial score (nSPS) is 17.2. The summed E-state index contributed by atoms with van der Waals surface area (Å²) in [5, 5.41) is 2.17. The molecule has 0 bridgehead atoms. The van der Waals surface area contributed by atoms with E-state index < -0.39 is 0 Å². The fourth-order valence-corrected chi connectivity index (χ4v) is 3.84. The van der Waals surface area contributed by atoms with Gasteiger partial charge in [-0.1, -0.05) is 24.3 Å². The Balaban J connectivity index is 1.69. The number of benzene rings is 2. The minimum atomic E-state index is 0.0235. The third-order valence-electron chi connectivity index (χ3n) is 5.42. The molecule has 3 N–H and O–H groups in total. The Kier molecular flexibility index (Phi) is 4.24. The molecule has 0 saturated carbocycles. The van der Waals surface area contributed by atoms with Crippen LogP contribution in [0.5, 0.6) is 0 Å². The lowest BCUT2D eigenvalue weighted by molar-refractivity contribution is 0.0730. The number of aromatic amines is 1. The van der Waals surface area contributed by atoms with Crippen LogP contribution in [0.2, 0.25) is 0 Å². The number of imidazole rings is 1. The predicted molar refractivity (Wildman–Crippen MR) is 103 cm³/mol. The summed E-state index contributed by atoms with van der Waals surface area (Å²) in [6.07, 6.45) is 1.94. The van der Waals surface area contributed by atoms with Gasteiger partial charge in [-0.3, -0.25) is 4.79 Å². The summed E-state index contributed by atoms with van der Waals surface area (Å²) in [7, 11) is 0. The monoisotopic (exact) mass is 348 g/mol. The summed E-state index contributed by atoms with van der Waals surface area (Å²) in [5.74, 6) is 0.960. The minimum absolute atomic E-state index is 0.0235. The largest absolute Gasteiger partial charge is 0.344 e. The highest BCUT2D eigenvalue weighted by Gasteiger charge is 2.32. The van der Waals surface area contributed by atoms with Crippen molar-refractivity contribution in [2.24, 2.45) is 5.73 Å². The summed E-state index contributed by atoms with van der Waals surface area (Å²) in [6.45, 7) is 5.24. The average Bonchev–Trinajstić information content (AvgIpc) is 3.27. The highest BCUT2D eigenvalue weighted by atomic mass is 16.2. The highest BCUT2D eigenvalue weighted by Crippen LogP contribution is 2.32. The topological polar surface area (TPSA) is 75.0 Å². The lowest BCUT2D eigenvalue weighted by atomic mass is 10.0. The van der Waals surface area contributed by atoms with Crippen LogP contribution in [0, 0.1) is 13.8 Å². The third-order valence-corrected chi connectivity index (χ3v) is 5.42. The molecule has 5 heteroatoms. The number of nitrogens with two attached hydrogens (primary N) is 1. The molecule has 3 aromatic rings. The maximum Gasteiger partial charge on any atom is 0.254 e. The molecule has 0 aliphatic carbocycles. The Bertz CT molecular complexity index is 956. The smallest absolute Gasteiger partial charge is 0.254 e. The van der Waals surface area contributed by atoms with Crippen molar-refractivity contribution in [3.63, 3.8) is 0 Å². The van der Waals surface area contributed by atoms with Gasteiger partial charge in [0.2, 0.25) is 0 Å². The summed E-state index contributed by atoms with van der Waals surface area (Å²) in [5.41, 5.74) is 9.71. The molecule has 26 heavy (non-hydrogen) atoms. The van der Waals surface area contributed by atoms with Gasteiger partial charge in [-0.15, -0.1) is 0 Å². The second-order valence-corrected chi connectivity index (χ2v) is 7.05. The molecule has 1 aliphatic rings. The summed E-state index contributed by atoms with van der Waals surface area (Å²) in [4.78, 5) is 23.1. The molecular formula is C21H24N4O. The number of H-pyrrole nitrogens is 1. The first-order valence-corrected chi connectivity index (χ1v) is 9.14. The first-order valence-electron chi connectivity index (χ1n) is 9.14. The number of aromatic nitrogens is 2. The minimum Gasteiger partial charge on any atom is -0.344 e. The Labute approximate surface area is 153 Å². The summed E-state index contributed by atoms with van der Waals surface area (Å²) >= 11 is 0. The number of aryl methyl sites for hydroxylation is 2. The molecule has 2 heterocycles. The van der Waals surface area contributed by atoms with Gasteiger partial charge in [-0.2, -0.15) is 0 Å². The van der Waals surface area contributed by atoms with Gasteiger partial charge in [-0.25, -0.2) is 4.98 Å². The van der Waals surface area contributed by atoms with Gasteiger partial charge in [-0.05, 0) is 55.2 Å². The number of fused-ring (bicyclic) bond motifs is 1. The Morgan fingerprint density at radius 3 is 2.88 bits per heavy atom. The van der Waals surface area contributed by atoms with Crippen LogP contribution in [-0.4, -0.2) is 27.3 Å². The number of rotatable bonds is 3. The van der Waals surface area contributed by atoms with E-state index in [1.165, 1.54) is 0 Å². The zero-order chi connectivity index (χ0) is 18.3. The first-order chi connectivity index (χ1) is 12.6. The lowest BCUT2D eigenvalue weighted by Crippen LogP contribution is -2.31. The average molecular weight is 348 g/mol. The number of amides is 1. The van der Waals surface area contributed by atoms with E-state index in [1.807, 2.05) is 49.1 Å². The summed E-state index contributed by atoms with van der Waals surface area (Å²) in [6, 6.07) is 12.0. The van der Waals surface area contributed by atoms with Crippen LogP contribution < -0.4 is 5.73 Å². The maximum absolute atomic E-state index is 13.2. The van der Waals surface area contributed by atoms with Gasteiger partial charge in [0, 0.05) is 24.3 Å². The lowest BCUT2D eigenvalue weighted by Gasteiger charge is -2.23. The van der Waals surface area contributed by atoms with Gasteiger partial charge >= 0.3 is 0 Å². The number of nitrogens with zero attached hydrogens (tertiary/aromatic N) is 2. The number of nitrogens with one attached hydrogen (secondary N) is 1. The number of hydrogen-bond acceptors (Lipinski definition) is 3. The van der Waals surface area contributed by atoms with Crippen LogP contribution >= 0.6 is 0 Å². The van der Waals surface area contributed by atoms with E-state index >= 15 is 0 Å². The van der Waals surface area contributed by atoms with Crippen molar-refractivity contribution >= 4 is 16.7 Å². The number of hydrogen-bond donors (Lipinski definition) is 2.